The van der Waals surface area contributed by atoms with Crippen LogP contribution in [-0.4, -0.2) is 20.0 Å². The van der Waals surface area contributed by atoms with Crippen LogP contribution in [0.1, 0.15) is 49.7 Å². The van der Waals surface area contributed by atoms with E-state index in [1.807, 2.05) is 19.1 Å². The second-order valence-electron chi connectivity index (χ2n) is 6.04. The standard InChI is InChI=1S/C18H26O3/c1-13-10-18(21-3)15(12-17(13)20-2)11-16(19)9-8-14-6-4-5-7-14/h10,12,14H,4-9,11H2,1-3H3. The van der Waals surface area contributed by atoms with Crippen molar-refractivity contribution in [2.75, 3.05) is 14.2 Å². The average Bonchev–Trinajstić information content (AvgIpc) is 2.99. The molecule has 0 N–H and O–H groups in total. The van der Waals surface area contributed by atoms with Gasteiger partial charge in [-0.2, -0.15) is 0 Å². The maximum Gasteiger partial charge on any atom is 0.137 e. The summed E-state index contributed by atoms with van der Waals surface area (Å²) in [4.78, 5) is 12.2. The summed E-state index contributed by atoms with van der Waals surface area (Å²) in [5, 5.41) is 0. The zero-order chi connectivity index (χ0) is 15.2. The molecule has 1 fully saturated rings. The summed E-state index contributed by atoms with van der Waals surface area (Å²) in [6.45, 7) is 1.98. The Morgan fingerprint density at radius 3 is 2.43 bits per heavy atom. The summed E-state index contributed by atoms with van der Waals surface area (Å²) in [7, 11) is 3.30. The average molecular weight is 290 g/mol. The molecule has 0 aliphatic heterocycles. The third-order valence-electron chi connectivity index (χ3n) is 4.49. The normalized spacial score (nSPS) is 15.2. The van der Waals surface area contributed by atoms with E-state index in [2.05, 4.69) is 0 Å². The lowest BCUT2D eigenvalue weighted by molar-refractivity contribution is -0.118. The third-order valence-corrected chi connectivity index (χ3v) is 4.49. The molecule has 2 rings (SSSR count). The van der Waals surface area contributed by atoms with Crippen LogP contribution in [-0.2, 0) is 11.2 Å². The van der Waals surface area contributed by atoms with Crippen LogP contribution in [0.3, 0.4) is 0 Å². The summed E-state index contributed by atoms with van der Waals surface area (Å²) >= 11 is 0. The molecule has 21 heavy (non-hydrogen) atoms. The molecule has 1 saturated carbocycles. The van der Waals surface area contributed by atoms with Gasteiger partial charge in [0.25, 0.3) is 0 Å². The Labute approximate surface area is 127 Å². The van der Waals surface area contributed by atoms with Crippen LogP contribution in [0.4, 0.5) is 0 Å². The molecule has 0 heterocycles. The van der Waals surface area contributed by atoms with Crippen LogP contribution in [0.2, 0.25) is 0 Å². The van der Waals surface area contributed by atoms with Crippen LogP contribution < -0.4 is 9.47 Å². The predicted molar refractivity (Wildman–Crippen MR) is 84.2 cm³/mol. The summed E-state index contributed by atoms with van der Waals surface area (Å²) in [5.41, 5.74) is 1.95. The first-order chi connectivity index (χ1) is 10.1. The minimum absolute atomic E-state index is 0.297. The Balaban J connectivity index is 1.98. The first-order valence-corrected chi connectivity index (χ1v) is 7.87. The molecule has 1 aromatic rings. The maximum atomic E-state index is 12.2. The van der Waals surface area contributed by atoms with Crippen molar-refractivity contribution in [3.8, 4) is 11.5 Å². The van der Waals surface area contributed by atoms with Gasteiger partial charge in [0.15, 0.2) is 0 Å². The number of methoxy groups -OCH3 is 2. The van der Waals surface area contributed by atoms with Gasteiger partial charge in [0.2, 0.25) is 0 Å². The molecule has 0 saturated heterocycles. The van der Waals surface area contributed by atoms with Crippen molar-refractivity contribution in [2.24, 2.45) is 5.92 Å². The SMILES string of the molecule is COc1cc(CC(=O)CCC2CCCC2)c(OC)cc1C. The Morgan fingerprint density at radius 1 is 1.14 bits per heavy atom. The fourth-order valence-corrected chi connectivity index (χ4v) is 3.22. The number of carbonyl (C=O) groups excluding carboxylic acids is 1. The number of aryl methyl sites for hydroxylation is 1. The van der Waals surface area contributed by atoms with Crippen LogP contribution in [0.15, 0.2) is 12.1 Å². The highest BCUT2D eigenvalue weighted by Gasteiger charge is 2.17. The van der Waals surface area contributed by atoms with Crippen molar-refractivity contribution in [3.05, 3.63) is 23.3 Å². The van der Waals surface area contributed by atoms with E-state index in [0.717, 1.165) is 35.0 Å². The van der Waals surface area contributed by atoms with Crippen molar-refractivity contribution < 1.29 is 14.3 Å². The quantitative estimate of drug-likeness (QED) is 0.758. The largest absolute Gasteiger partial charge is 0.496 e. The second kappa shape index (κ2) is 7.48. The molecule has 0 bridgehead atoms. The fourth-order valence-electron chi connectivity index (χ4n) is 3.22. The highest BCUT2D eigenvalue weighted by molar-refractivity contribution is 5.81. The molecular formula is C18H26O3. The molecule has 0 aromatic heterocycles. The maximum absolute atomic E-state index is 12.2. The number of hydrogen-bond acceptors (Lipinski definition) is 3. The number of carbonyl (C=O) groups is 1. The van der Waals surface area contributed by atoms with E-state index in [1.165, 1.54) is 25.7 Å². The Kier molecular flexibility index (Phi) is 5.66. The monoisotopic (exact) mass is 290 g/mol. The molecule has 1 aromatic carbocycles. The summed E-state index contributed by atoms with van der Waals surface area (Å²) in [5.74, 6) is 2.66. The van der Waals surface area contributed by atoms with Crippen LogP contribution in [0.5, 0.6) is 11.5 Å². The fraction of sp³-hybridized carbons (Fsp3) is 0.611. The molecule has 0 unspecified atom stereocenters. The number of ether oxygens (including phenoxy) is 2. The van der Waals surface area contributed by atoms with E-state index in [1.54, 1.807) is 14.2 Å². The molecule has 1 aliphatic rings. The number of benzene rings is 1. The summed E-state index contributed by atoms with van der Waals surface area (Å²) in [6, 6.07) is 3.88. The summed E-state index contributed by atoms with van der Waals surface area (Å²) < 4.78 is 10.7. The third kappa shape index (κ3) is 4.23. The van der Waals surface area contributed by atoms with Gasteiger partial charge in [-0.3, -0.25) is 4.79 Å². The van der Waals surface area contributed by atoms with Gasteiger partial charge >= 0.3 is 0 Å². The van der Waals surface area contributed by atoms with Crippen molar-refractivity contribution >= 4 is 5.78 Å². The van der Waals surface area contributed by atoms with Gasteiger partial charge in [-0.15, -0.1) is 0 Å². The van der Waals surface area contributed by atoms with Gasteiger partial charge < -0.3 is 9.47 Å². The number of Topliss-reactive ketones (excluding diaryl/α,β-unsaturated/α-hetero) is 1. The molecular weight excluding hydrogens is 264 g/mol. The van der Waals surface area contributed by atoms with E-state index >= 15 is 0 Å². The van der Waals surface area contributed by atoms with E-state index in [0.29, 0.717) is 18.6 Å². The van der Waals surface area contributed by atoms with Gasteiger partial charge in [-0.1, -0.05) is 25.7 Å². The zero-order valence-corrected chi connectivity index (χ0v) is 13.4. The lowest BCUT2D eigenvalue weighted by Gasteiger charge is -2.13. The second-order valence-corrected chi connectivity index (χ2v) is 6.04. The molecule has 0 spiro atoms. The van der Waals surface area contributed by atoms with E-state index in [4.69, 9.17) is 9.47 Å². The topological polar surface area (TPSA) is 35.5 Å². The smallest absolute Gasteiger partial charge is 0.137 e. The highest BCUT2D eigenvalue weighted by atomic mass is 16.5. The number of rotatable bonds is 7. The van der Waals surface area contributed by atoms with Gasteiger partial charge in [0, 0.05) is 18.4 Å². The van der Waals surface area contributed by atoms with Crippen molar-refractivity contribution in [2.45, 2.75) is 51.9 Å². The van der Waals surface area contributed by atoms with E-state index < -0.39 is 0 Å². The Morgan fingerprint density at radius 2 is 1.81 bits per heavy atom. The van der Waals surface area contributed by atoms with Gasteiger partial charge in [-0.25, -0.2) is 0 Å². The van der Waals surface area contributed by atoms with Crippen molar-refractivity contribution in [3.63, 3.8) is 0 Å². The molecule has 116 valence electrons. The molecule has 1 aliphatic carbocycles. The highest BCUT2D eigenvalue weighted by Crippen LogP contribution is 2.31. The molecule has 0 radical (unpaired) electrons. The minimum Gasteiger partial charge on any atom is -0.496 e. The summed E-state index contributed by atoms with van der Waals surface area (Å²) in [6.07, 6.45) is 7.44. The van der Waals surface area contributed by atoms with Crippen LogP contribution in [0.25, 0.3) is 0 Å². The molecule has 3 heteroatoms. The van der Waals surface area contributed by atoms with Gasteiger partial charge in [-0.05, 0) is 37.0 Å². The van der Waals surface area contributed by atoms with Crippen molar-refractivity contribution in [1.29, 1.82) is 0 Å². The first-order valence-electron chi connectivity index (χ1n) is 7.87. The van der Waals surface area contributed by atoms with Crippen LogP contribution in [0, 0.1) is 12.8 Å². The van der Waals surface area contributed by atoms with E-state index in [9.17, 15) is 4.79 Å². The first kappa shape index (κ1) is 15.9. The zero-order valence-electron chi connectivity index (χ0n) is 13.4. The lowest BCUT2D eigenvalue weighted by atomic mass is 9.97. The predicted octanol–water partition coefficient (Wildman–Crippen LogP) is 4.09. The Hall–Kier alpha value is -1.51. The minimum atomic E-state index is 0.297. The van der Waals surface area contributed by atoms with Crippen molar-refractivity contribution in [1.82, 2.24) is 0 Å². The molecule has 0 amide bonds. The van der Waals surface area contributed by atoms with E-state index in [-0.39, 0.29) is 0 Å². The molecule has 3 nitrogen and oxygen atoms in total. The lowest BCUT2D eigenvalue weighted by Crippen LogP contribution is -2.07. The number of ketones is 1. The number of hydrogen-bond donors (Lipinski definition) is 0. The Bertz CT molecular complexity index is 487. The van der Waals surface area contributed by atoms with Gasteiger partial charge in [0.05, 0.1) is 14.2 Å². The van der Waals surface area contributed by atoms with Gasteiger partial charge in [0.1, 0.15) is 17.3 Å². The van der Waals surface area contributed by atoms with Crippen LogP contribution >= 0.6 is 0 Å². The molecule has 0 atom stereocenters.